The number of carbonyl (C=O) groups is 1. The summed E-state index contributed by atoms with van der Waals surface area (Å²) < 4.78 is 0. The van der Waals surface area contributed by atoms with Crippen LogP contribution in [0.5, 0.6) is 0 Å². The summed E-state index contributed by atoms with van der Waals surface area (Å²) in [7, 11) is 3.77. The first kappa shape index (κ1) is 15.8. The SMILES string of the molecule is CN(C)c1nc(Cl)c(CNC(=O)CCl)s1.Cl. The predicted octanol–water partition coefficient (Wildman–Crippen LogP) is 2.14. The molecule has 4 nitrogen and oxygen atoms in total. The molecule has 0 saturated carbocycles. The van der Waals surface area contributed by atoms with Gasteiger partial charge in [0.05, 0.1) is 11.4 Å². The Kier molecular flexibility index (Phi) is 7.06. The van der Waals surface area contributed by atoms with Crippen LogP contribution in [-0.2, 0) is 11.3 Å². The maximum absolute atomic E-state index is 10.9. The van der Waals surface area contributed by atoms with Crippen LogP contribution in [0.15, 0.2) is 0 Å². The lowest BCUT2D eigenvalue weighted by Gasteiger charge is -2.05. The molecule has 0 atom stereocenters. The van der Waals surface area contributed by atoms with Crippen LogP contribution in [0.2, 0.25) is 5.15 Å². The number of aromatic nitrogens is 1. The molecule has 0 aliphatic heterocycles. The van der Waals surface area contributed by atoms with Crippen molar-refractivity contribution in [1.29, 1.82) is 0 Å². The zero-order valence-electron chi connectivity index (χ0n) is 8.79. The Labute approximate surface area is 114 Å². The third kappa shape index (κ3) is 4.33. The lowest BCUT2D eigenvalue weighted by molar-refractivity contribution is -0.118. The number of amides is 1. The second kappa shape index (κ2) is 7.17. The summed E-state index contributed by atoms with van der Waals surface area (Å²) in [5.41, 5.74) is 0. The molecule has 16 heavy (non-hydrogen) atoms. The van der Waals surface area contributed by atoms with Crippen LogP contribution >= 0.6 is 46.9 Å². The number of hydrogen-bond acceptors (Lipinski definition) is 4. The van der Waals surface area contributed by atoms with Gasteiger partial charge in [0.15, 0.2) is 5.13 Å². The van der Waals surface area contributed by atoms with Crippen molar-refractivity contribution in [2.75, 3.05) is 24.9 Å². The van der Waals surface area contributed by atoms with E-state index < -0.39 is 0 Å². The fourth-order valence-electron chi connectivity index (χ4n) is 0.848. The van der Waals surface area contributed by atoms with Gasteiger partial charge in [-0.15, -0.1) is 24.0 Å². The van der Waals surface area contributed by atoms with Gasteiger partial charge in [-0.25, -0.2) is 4.98 Å². The zero-order valence-corrected chi connectivity index (χ0v) is 11.9. The second-order valence-corrected chi connectivity index (χ2v) is 4.70. The number of carbonyl (C=O) groups excluding carboxylic acids is 1. The first-order valence-electron chi connectivity index (χ1n) is 4.19. The fraction of sp³-hybridized carbons (Fsp3) is 0.500. The minimum absolute atomic E-state index is 0. The van der Waals surface area contributed by atoms with E-state index in [-0.39, 0.29) is 24.2 Å². The van der Waals surface area contributed by atoms with Crippen molar-refractivity contribution in [2.24, 2.45) is 0 Å². The van der Waals surface area contributed by atoms with E-state index >= 15 is 0 Å². The molecule has 0 unspecified atom stereocenters. The maximum atomic E-state index is 10.9. The van der Waals surface area contributed by atoms with E-state index in [4.69, 9.17) is 23.2 Å². The Hall–Kier alpha value is -0.230. The number of nitrogens with zero attached hydrogens (tertiary/aromatic N) is 2. The van der Waals surface area contributed by atoms with E-state index in [9.17, 15) is 4.79 Å². The summed E-state index contributed by atoms with van der Waals surface area (Å²) >= 11 is 12.7. The van der Waals surface area contributed by atoms with Crippen LogP contribution in [0.3, 0.4) is 0 Å². The second-order valence-electron chi connectivity index (χ2n) is 3.02. The number of alkyl halides is 1. The molecule has 0 aliphatic carbocycles. The molecule has 1 aromatic heterocycles. The number of nitrogens with one attached hydrogen (secondary N) is 1. The predicted molar refractivity (Wildman–Crippen MR) is 71.3 cm³/mol. The quantitative estimate of drug-likeness (QED) is 0.867. The standard InChI is InChI=1S/C8H11Cl2N3OS.ClH/c1-13(2)8-12-7(10)5(15-8)4-11-6(14)3-9;/h3-4H2,1-2H3,(H,11,14);1H. The van der Waals surface area contributed by atoms with Gasteiger partial charge in [-0.1, -0.05) is 22.9 Å². The zero-order chi connectivity index (χ0) is 11.4. The van der Waals surface area contributed by atoms with E-state index in [1.807, 2.05) is 19.0 Å². The summed E-state index contributed by atoms with van der Waals surface area (Å²) in [6, 6.07) is 0. The largest absolute Gasteiger partial charge is 0.354 e. The lowest BCUT2D eigenvalue weighted by Crippen LogP contribution is -2.23. The Morgan fingerprint density at radius 3 is 2.62 bits per heavy atom. The molecule has 0 spiro atoms. The molecular weight excluding hydrogens is 293 g/mol. The molecule has 1 heterocycles. The van der Waals surface area contributed by atoms with Crippen molar-refractivity contribution >= 4 is 58.0 Å². The van der Waals surface area contributed by atoms with Crippen molar-refractivity contribution in [2.45, 2.75) is 6.54 Å². The van der Waals surface area contributed by atoms with Gasteiger partial charge in [0, 0.05) is 14.1 Å². The Balaban J connectivity index is 0.00000225. The van der Waals surface area contributed by atoms with Gasteiger partial charge in [-0.3, -0.25) is 4.79 Å². The summed E-state index contributed by atoms with van der Waals surface area (Å²) in [6.45, 7) is 0.371. The highest BCUT2D eigenvalue weighted by Gasteiger charge is 2.11. The van der Waals surface area contributed by atoms with Crippen molar-refractivity contribution in [3.63, 3.8) is 0 Å². The van der Waals surface area contributed by atoms with Gasteiger partial charge in [0.1, 0.15) is 11.0 Å². The molecule has 0 aliphatic rings. The van der Waals surface area contributed by atoms with Crippen LogP contribution in [0.1, 0.15) is 4.88 Å². The Morgan fingerprint density at radius 1 is 1.56 bits per heavy atom. The molecule has 0 aromatic carbocycles. The normalized spacial score (nSPS) is 9.50. The van der Waals surface area contributed by atoms with Gasteiger partial charge in [0.2, 0.25) is 5.91 Å². The average Bonchev–Trinajstić information content (AvgIpc) is 2.56. The molecule has 92 valence electrons. The van der Waals surface area contributed by atoms with Gasteiger partial charge in [-0.2, -0.15) is 0 Å². The summed E-state index contributed by atoms with van der Waals surface area (Å²) in [6.07, 6.45) is 0. The van der Waals surface area contributed by atoms with Gasteiger partial charge < -0.3 is 10.2 Å². The van der Waals surface area contributed by atoms with Crippen LogP contribution in [0.4, 0.5) is 5.13 Å². The Morgan fingerprint density at radius 2 is 2.19 bits per heavy atom. The van der Waals surface area contributed by atoms with Gasteiger partial charge in [0.25, 0.3) is 0 Å². The minimum Gasteiger partial charge on any atom is -0.354 e. The number of thiazole rings is 1. The molecular formula is C8H12Cl3N3OS. The smallest absolute Gasteiger partial charge is 0.235 e. The first-order valence-corrected chi connectivity index (χ1v) is 5.92. The van der Waals surface area contributed by atoms with E-state index in [0.29, 0.717) is 11.7 Å². The average molecular weight is 305 g/mol. The van der Waals surface area contributed by atoms with Gasteiger partial charge >= 0.3 is 0 Å². The summed E-state index contributed by atoms with van der Waals surface area (Å²) in [5.74, 6) is -0.260. The fourth-order valence-corrected chi connectivity index (χ4v) is 2.07. The highest BCUT2D eigenvalue weighted by atomic mass is 35.5. The number of halogens is 3. The van der Waals surface area contributed by atoms with Crippen molar-refractivity contribution in [3.05, 3.63) is 10.0 Å². The molecule has 1 rings (SSSR count). The molecule has 1 aromatic rings. The lowest BCUT2D eigenvalue weighted by atomic mass is 10.5. The highest BCUT2D eigenvalue weighted by molar-refractivity contribution is 7.16. The monoisotopic (exact) mass is 303 g/mol. The van der Waals surface area contributed by atoms with Crippen LogP contribution in [0.25, 0.3) is 0 Å². The number of anilines is 1. The van der Waals surface area contributed by atoms with Crippen molar-refractivity contribution in [3.8, 4) is 0 Å². The molecule has 0 fully saturated rings. The van der Waals surface area contributed by atoms with Gasteiger partial charge in [-0.05, 0) is 0 Å². The van der Waals surface area contributed by atoms with Crippen molar-refractivity contribution in [1.82, 2.24) is 10.3 Å². The minimum atomic E-state index is -0.215. The Bertz CT molecular complexity index is 356. The number of rotatable bonds is 4. The van der Waals surface area contributed by atoms with Crippen molar-refractivity contribution < 1.29 is 4.79 Å². The third-order valence-electron chi connectivity index (χ3n) is 1.59. The van der Waals surface area contributed by atoms with E-state index in [2.05, 4.69) is 10.3 Å². The topological polar surface area (TPSA) is 45.2 Å². The summed E-state index contributed by atoms with van der Waals surface area (Å²) in [5, 5.41) is 3.88. The molecule has 1 N–H and O–H groups in total. The van der Waals surface area contributed by atoms with Crippen LogP contribution in [-0.4, -0.2) is 30.9 Å². The molecule has 1 amide bonds. The first-order chi connectivity index (χ1) is 7.04. The molecule has 0 bridgehead atoms. The summed E-state index contributed by atoms with van der Waals surface area (Å²) in [4.78, 5) is 17.8. The van der Waals surface area contributed by atoms with E-state index in [0.717, 1.165) is 10.0 Å². The molecule has 8 heteroatoms. The molecule has 0 radical (unpaired) electrons. The van der Waals surface area contributed by atoms with E-state index in [1.54, 1.807) is 0 Å². The highest BCUT2D eigenvalue weighted by Crippen LogP contribution is 2.28. The number of hydrogen-bond donors (Lipinski definition) is 1. The maximum Gasteiger partial charge on any atom is 0.235 e. The molecule has 0 saturated heterocycles. The van der Waals surface area contributed by atoms with Crippen LogP contribution in [0, 0.1) is 0 Å². The third-order valence-corrected chi connectivity index (χ3v) is 3.48. The van der Waals surface area contributed by atoms with E-state index in [1.165, 1.54) is 11.3 Å². The van der Waals surface area contributed by atoms with Crippen LogP contribution < -0.4 is 10.2 Å².